The maximum atomic E-state index is 11.7. The van der Waals surface area contributed by atoms with Gasteiger partial charge in [-0.1, -0.05) is 62.3 Å². The van der Waals surface area contributed by atoms with Crippen LogP contribution in [0.25, 0.3) is 11.2 Å². The first-order chi connectivity index (χ1) is 21.5. The molecule has 2 aromatic heterocycles. The smallest absolute Gasteiger partial charge is 0.245 e. The van der Waals surface area contributed by atoms with E-state index in [0.29, 0.717) is 30.3 Å². The zero-order valence-corrected chi connectivity index (χ0v) is 36.5. The molecule has 1 aliphatic heterocycles. The summed E-state index contributed by atoms with van der Waals surface area (Å²) in [6.07, 6.45) is -0.733. The van der Waals surface area contributed by atoms with Crippen LogP contribution in [0.4, 0.5) is 5.95 Å². The first-order valence-electron chi connectivity index (χ1n) is 17.5. The quantitative estimate of drug-likeness (QED) is 0.178. The number of aromatic nitrogens is 4. The molecule has 0 unspecified atom stereocenters. The molecule has 0 bridgehead atoms. The summed E-state index contributed by atoms with van der Waals surface area (Å²) < 4.78 is 36.5. The van der Waals surface area contributed by atoms with E-state index in [0.717, 1.165) is 0 Å². The molecule has 2 aromatic rings. The van der Waals surface area contributed by atoms with Crippen molar-refractivity contribution in [2.24, 2.45) is 0 Å². The van der Waals surface area contributed by atoms with Gasteiger partial charge in [-0.25, -0.2) is 15.0 Å². The monoisotopic (exact) mass is 725 g/mol. The van der Waals surface area contributed by atoms with E-state index in [9.17, 15) is 5.21 Å². The highest BCUT2D eigenvalue weighted by Crippen LogP contribution is 2.48. The molecule has 4 atom stereocenters. The van der Waals surface area contributed by atoms with Crippen LogP contribution in [0.3, 0.4) is 0 Å². The molecule has 11 nitrogen and oxygen atoms in total. The van der Waals surface area contributed by atoms with Gasteiger partial charge in [-0.2, -0.15) is 4.98 Å². The van der Waals surface area contributed by atoms with Crippen LogP contribution in [-0.4, -0.2) is 86.7 Å². The topological polar surface area (TPSA) is 113 Å². The lowest BCUT2D eigenvalue weighted by atomic mass is 10.1. The Morgan fingerprint density at radius 3 is 1.75 bits per heavy atom. The van der Waals surface area contributed by atoms with E-state index in [1.807, 2.05) is 32.3 Å². The lowest BCUT2D eigenvalue weighted by Crippen LogP contribution is -2.54. The van der Waals surface area contributed by atoms with Crippen LogP contribution < -0.4 is 9.80 Å². The van der Waals surface area contributed by atoms with Crippen LogP contribution in [0, 0.1) is 0 Å². The van der Waals surface area contributed by atoms with E-state index in [-0.39, 0.29) is 21.1 Å². The van der Waals surface area contributed by atoms with Crippen LogP contribution in [0.2, 0.25) is 54.4 Å². The average molecular weight is 726 g/mol. The molecule has 0 amide bonds. The second kappa shape index (κ2) is 13.6. The number of hydrogen-bond acceptors (Lipinski definition) is 10. The molecular formula is C34H67N5O6Si3. The van der Waals surface area contributed by atoms with Crippen molar-refractivity contribution in [1.29, 1.82) is 0 Å². The first kappa shape index (κ1) is 41.0. The molecule has 0 radical (unpaired) electrons. The Morgan fingerprint density at radius 1 is 0.792 bits per heavy atom. The van der Waals surface area contributed by atoms with E-state index in [2.05, 4.69) is 107 Å². The lowest BCUT2D eigenvalue weighted by molar-refractivity contribution is -0.0477. The van der Waals surface area contributed by atoms with Crippen LogP contribution in [0.1, 0.15) is 96.2 Å². The summed E-state index contributed by atoms with van der Waals surface area (Å²) in [6, 6.07) is 0. The minimum atomic E-state index is -2.42. The third-order valence-electron chi connectivity index (χ3n) is 11.0. The molecule has 1 aliphatic rings. The van der Waals surface area contributed by atoms with Gasteiger partial charge in [0.15, 0.2) is 42.3 Å². The van der Waals surface area contributed by atoms with Crippen molar-refractivity contribution in [3.8, 4) is 5.88 Å². The van der Waals surface area contributed by atoms with Crippen molar-refractivity contribution in [2.75, 3.05) is 18.3 Å². The molecule has 3 heterocycles. The molecule has 1 N–H and O–H groups in total. The van der Waals surface area contributed by atoms with Gasteiger partial charge in [0.2, 0.25) is 11.8 Å². The minimum absolute atomic E-state index is 0.0161. The summed E-state index contributed by atoms with van der Waals surface area (Å²) in [4.78, 5) is 14.0. The molecule has 14 heteroatoms. The van der Waals surface area contributed by atoms with Gasteiger partial charge < -0.3 is 22.8 Å². The Labute approximate surface area is 293 Å². The molecule has 1 fully saturated rings. The first-order valence-corrected chi connectivity index (χ1v) is 26.2. The summed E-state index contributed by atoms with van der Waals surface area (Å²) >= 11 is 0. The largest absolute Gasteiger partial charge is 0.476 e. The number of hydrogen-bond donors (Lipinski definition) is 1. The van der Waals surface area contributed by atoms with Crippen LogP contribution >= 0.6 is 0 Å². The molecule has 3 rings (SSSR count). The van der Waals surface area contributed by atoms with Gasteiger partial charge in [0, 0.05) is 0 Å². The van der Waals surface area contributed by atoms with E-state index in [4.69, 9.17) is 32.7 Å². The number of rotatable bonds is 11. The molecule has 0 spiro atoms. The fraction of sp³-hybridized carbons (Fsp3) is 0.853. The Kier molecular flexibility index (Phi) is 11.6. The highest BCUT2D eigenvalue weighted by atomic mass is 28.4. The van der Waals surface area contributed by atoms with Crippen molar-refractivity contribution in [2.45, 2.75) is 174 Å². The van der Waals surface area contributed by atoms with Crippen molar-refractivity contribution >= 4 is 42.1 Å². The molecule has 0 aromatic carbocycles. The number of ether oxygens (including phenoxy) is 2. The molecule has 0 aliphatic carbocycles. The Hall–Kier alpha value is -1.40. The summed E-state index contributed by atoms with van der Waals surface area (Å²) in [5.74, 6) is 0.612. The number of fused-ring (bicyclic) bond motifs is 1. The summed E-state index contributed by atoms with van der Waals surface area (Å²) in [6.45, 7) is 42.2. The van der Waals surface area contributed by atoms with E-state index >= 15 is 0 Å². The maximum absolute atomic E-state index is 11.7. The van der Waals surface area contributed by atoms with Crippen LogP contribution in [0.15, 0.2) is 6.33 Å². The highest BCUT2D eigenvalue weighted by molar-refractivity contribution is 6.75. The SMILES string of the molecule is CCOc1ncnc2c1nc(N(O)C(C)(C)C)n2[C@@H]1O[C@H](CO[Si](C)(C)C(C)(C)C)[C@@H](O[Si](C)(C)C(C)(C)C)[C@H]1O[Si](C)(C)C(C)(C)C. The zero-order chi connectivity index (χ0) is 37.1. The highest BCUT2D eigenvalue weighted by Gasteiger charge is 2.56. The number of imidazole rings is 1. The van der Waals surface area contributed by atoms with Gasteiger partial charge in [-0.15, -0.1) is 0 Å². The summed E-state index contributed by atoms with van der Waals surface area (Å²) in [5.41, 5.74) is 0.224. The van der Waals surface area contributed by atoms with Gasteiger partial charge in [-0.05, 0) is 82.1 Å². The predicted octanol–water partition coefficient (Wildman–Crippen LogP) is 8.92. The molecular weight excluding hydrogens is 659 g/mol. The van der Waals surface area contributed by atoms with Crippen molar-refractivity contribution < 1.29 is 28.0 Å². The second-order valence-electron chi connectivity index (χ2n) is 18.9. The summed E-state index contributed by atoms with van der Waals surface area (Å²) in [5, 5.41) is 12.8. The average Bonchev–Trinajstić information content (AvgIpc) is 3.43. The Morgan fingerprint density at radius 2 is 1.29 bits per heavy atom. The fourth-order valence-corrected chi connectivity index (χ4v) is 8.28. The second-order valence-corrected chi connectivity index (χ2v) is 33.2. The van der Waals surface area contributed by atoms with Crippen LogP contribution in [0.5, 0.6) is 5.88 Å². The molecule has 48 heavy (non-hydrogen) atoms. The van der Waals surface area contributed by atoms with E-state index < -0.39 is 55.0 Å². The van der Waals surface area contributed by atoms with E-state index in [1.165, 1.54) is 11.4 Å². The Balaban J connectivity index is 2.37. The molecule has 1 saturated heterocycles. The van der Waals surface area contributed by atoms with Crippen molar-refractivity contribution in [3.05, 3.63) is 6.33 Å². The normalized spacial score (nSPS) is 22.1. The van der Waals surface area contributed by atoms with E-state index in [1.54, 1.807) is 0 Å². The minimum Gasteiger partial charge on any atom is -0.476 e. The van der Waals surface area contributed by atoms with Crippen molar-refractivity contribution in [1.82, 2.24) is 19.5 Å². The fourth-order valence-electron chi connectivity index (χ4n) is 4.66. The van der Waals surface area contributed by atoms with Gasteiger partial charge in [-0.3, -0.25) is 9.77 Å². The van der Waals surface area contributed by atoms with Gasteiger partial charge >= 0.3 is 0 Å². The lowest BCUT2D eigenvalue weighted by Gasteiger charge is -2.44. The number of hydroxylamine groups is 1. The van der Waals surface area contributed by atoms with Crippen molar-refractivity contribution in [3.63, 3.8) is 0 Å². The molecule has 0 saturated carbocycles. The third kappa shape index (κ3) is 8.38. The number of anilines is 1. The molecule has 276 valence electrons. The Bertz CT molecular complexity index is 1410. The van der Waals surface area contributed by atoms with Gasteiger partial charge in [0.05, 0.1) is 18.8 Å². The van der Waals surface area contributed by atoms with Gasteiger partial charge in [0.25, 0.3) is 0 Å². The third-order valence-corrected chi connectivity index (χ3v) is 24.4. The van der Waals surface area contributed by atoms with Crippen LogP contribution in [-0.2, 0) is 18.0 Å². The number of nitrogens with zero attached hydrogens (tertiary/aromatic N) is 5. The predicted molar refractivity (Wildman–Crippen MR) is 202 cm³/mol. The maximum Gasteiger partial charge on any atom is 0.245 e. The zero-order valence-electron chi connectivity index (χ0n) is 33.5. The van der Waals surface area contributed by atoms with Gasteiger partial charge in [0.1, 0.15) is 24.6 Å². The standard InChI is InChI=1S/C34H67N5O6Si3/c1-20-41-28-24-27(35-22-36-28)38(30(37-24)39(40)31(2,3)4)29-26(45-48(18,19)34(11,12)13)25(44-47(16,17)33(8,9)10)23(43-29)21-42-46(14,15)32(5,6)7/h22-23,25-26,29,40H,20-21H2,1-19H3/t23-,25-,26-,29-/m1/s1. The summed E-state index contributed by atoms with van der Waals surface area (Å²) in [7, 11) is -6.94.